The molecule has 4 heteroatoms. The summed E-state index contributed by atoms with van der Waals surface area (Å²) in [6.07, 6.45) is 9.44. The fourth-order valence-electron chi connectivity index (χ4n) is 5.30. The molecule has 1 aliphatic carbocycles. The van der Waals surface area contributed by atoms with Crippen LogP contribution in [0.3, 0.4) is 0 Å². The third-order valence-electron chi connectivity index (χ3n) is 6.85. The van der Waals surface area contributed by atoms with Gasteiger partial charge in [0.25, 0.3) is 0 Å². The molecule has 2 aromatic rings. The second kappa shape index (κ2) is 8.03. The molecule has 1 saturated heterocycles. The summed E-state index contributed by atoms with van der Waals surface area (Å²) in [5, 5.41) is 5.79. The number of anilines is 1. The number of allylic oxidation sites excluding steroid dienone is 2. The average molecular weight is 388 g/mol. The maximum absolute atomic E-state index is 11.7. The molecule has 29 heavy (non-hydrogen) atoms. The molecular formula is C25H29N3O. The van der Waals surface area contributed by atoms with Gasteiger partial charge >= 0.3 is 6.03 Å². The quantitative estimate of drug-likeness (QED) is 0.708. The SMILES string of the molecule is O=C1NCc2ccc(C3CCN(C(c4ccccc4)C4CC=CC4)CC3)cc2N1. The van der Waals surface area contributed by atoms with Crippen molar-refractivity contribution in [2.24, 2.45) is 5.92 Å². The first-order valence-electron chi connectivity index (χ1n) is 10.9. The molecule has 4 nitrogen and oxygen atoms in total. The molecule has 2 heterocycles. The average Bonchev–Trinajstić information content (AvgIpc) is 3.29. The summed E-state index contributed by atoms with van der Waals surface area (Å²) in [5.41, 5.74) is 4.98. The van der Waals surface area contributed by atoms with Crippen molar-refractivity contribution in [3.63, 3.8) is 0 Å². The van der Waals surface area contributed by atoms with E-state index in [4.69, 9.17) is 0 Å². The van der Waals surface area contributed by atoms with Crippen LogP contribution < -0.4 is 10.6 Å². The summed E-state index contributed by atoms with van der Waals surface area (Å²) in [4.78, 5) is 14.4. The number of piperidine rings is 1. The van der Waals surface area contributed by atoms with Gasteiger partial charge in [-0.1, -0.05) is 54.6 Å². The van der Waals surface area contributed by atoms with E-state index in [1.807, 2.05) is 0 Å². The van der Waals surface area contributed by atoms with Crippen molar-refractivity contribution < 1.29 is 4.79 Å². The fraction of sp³-hybridized carbons (Fsp3) is 0.400. The number of carbonyl (C=O) groups excluding carboxylic acids is 1. The van der Waals surface area contributed by atoms with Crippen molar-refractivity contribution in [3.8, 4) is 0 Å². The van der Waals surface area contributed by atoms with Gasteiger partial charge in [0.2, 0.25) is 0 Å². The number of hydrogen-bond acceptors (Lipinski definition) is 2. The van der Waals surface area contributed by atoms with Crippen molar-refractivity contribution in [2.75, 3.05) is 18.4 Å². The highest BCUT2D eigenvalue weighted by Crippen LogP contribution is 2.40. The summed E-state index contributed by atoms with van der Waals surface area (Å²) in [6.45, 7) is 2.88. The number of likely N-dealkylation sites (tertiary alicyclic amines) is 1. The normalized spacial score (nSPS) is 21.4. The van der Waals surface area contributed by atoms with Crippen molar-refractivity contribution in [1.29, 1.82) is 0 Å². The molecule has 150 valence electrons. The van der Waals surface area contributed by atoms with E-state index in [1.54, 1.807) is 0 Å². The molecule has 2 aromatic carbocycles. The number of carbonyl (C=O) groups is 1. The van der Waals surface area contributed by atoms with Crippen LogP contribution in [0.5, 0.6) is 0 Å². The first-order chi connectivity index (χ1) is 14.3. The molecule has 1 fully saturated rings. The molecule has 0 bridgehead atoms. The number of benzene rings is 2. The third-order valence-corrected chi connectivity index (χ3v) is 6.85. The molecule has 0 spiro atoms. The molecule has 1 unspecified atom stereocenters. The van der Waals surface area contributed by atoms with E-state index >= 15 is 0 Å². The van der Waals surface area contributed by atoms with E-state index in [2.05, 4.69) is 76.2 Å². The Hall–Kier alpha value is -2.59. The second-order valence-electron chi connectivity index (χ2n) is 8.59. The zero-order valence-corrected chi connectivity index (χ0v) is 16.8. The Balaban J connectivity index is 1.30. The summed E-state index contributed by atoms with van der Waals surface area (Å²) in [6, 6.07) is 18.1. The molecule has 5 rings (SSSR count). The second-order valence-corrected chi connectivity index (χ2v) is 8.59. The summed E-state index contributed by atoms with van der Waals surface area (Å²) < 4.78 is 0. The number of urea groups is 1. The van der Waals surface area contributed by atoms with Crippen LogP contribution in [0.2, 0.25) is 0 Å². The van der Waals surface area contributed by atoms with Gasteiger partial charge in [-0.05, 0) is 73.4 Å². The van der Waals surface area contributed by atoms with Crippen LogP contribution in [0, 0.1) is 5.92 Å². The standard InChI is InChI=1S/C25H29N3O/c29-25-26-17-22-11-10-21(16-23(22)27-25)18-12-14-28(15-13-18)24(20-8-4-5-9-20)19-6-2-1-3-7-19/h1-7,10-11,16,18,20,24H,8-9,12-15,17H2,(H2,26,27,29). The number of amides is 2. The van der Waals surface area contributed by atoms with Gasteiger partial charge in [0.05, 0.1) is 0 Å². The summed E-state index contributed by atoms with van der Waals surface area (Å²) >= 11 is 0. The monoisotopic (exact) mass is 387 g/mol. The lowest BCUT2D eigenvalue weighted by atomic mass is 9.84. The molecule has 0 aromatic heterocycles. The van der Waals surface area contributed by atoms with E-state index in [9.17, 15) is 4.79 Å². The Morgan fingerprint density at radius 1 is 0.966 bits per heavy atom. The van der Waals surface area contributed by atoms with Gasteiger partial charge in [-0.15, -0.1) is 0 Å². The van der Waals surface area contributed by atoms with Crippen molar-refractivity contribution >= 4 is 11.7 Å². The van der Waals surface area contributed by atoms with Crippen LogP contribution in [-0.2, 0) is 6.54 Å². The lowest BCUT2D eigenvalue weighted by Gasteiger charge is -2.41. The van der Waals surface area contributed by atoms with E-state index in [1.165, 1.54) is 42.4 Å². The first kappa shape index (κ1) is 18.4. The van der Waals surface area contributed by atoms with Crippen molar-refractivity contribution in [3.05, 3.63) is 77.4 Å². The van der Waals surface area contributed by atoms with Gasteiger partial charge in [0.15, 0.2) is 0 Å². The maximum atomic E-state index is 11.7. The molecule has 2 amide bonds. The lowest BCUT2D eigenvalue weighted by molar-refractivity contribution is 0.111. The first-order valence-corrected chi connectivity index (χ1v) is 10.9. The van der Waals surface area contributed by atoms with Gasteiger partial charge in [0, 0.05) is 18.3 Å². The largest absolute Gasteiger partial charge is 0.334 e. The van der Waals surface area contributed by atoms with Crippen LogP contribution in [0.1, 0.15) is 54.3 Å². The third kappa shape index (κ3) is 3.82. The van der Waals surface area contributed by atoms with Crippen LogP contribution >= 0.6 is 0 Å². The topological polar surface area (TPSA) is 44.4 Å². The number of fused-ring (bicyclic) bond motifs is 1. The molecule has 0 saturated carbocycles. The van der Waals surface area contributed by atoms with E-state index in [0.717, 1.165) is 18.8 Å². The zero-order chi connectivity index (χ0) is 19.6. The lowest BCUT2D eigenvalue weighted by Crippen LogP contribution is -2.39. The highest BCUT2D eigenvalue weighted by atomic mass is 16.2. The highest BCUT2D eigenvalue weighted by Gasteiger charge is 2.32. The zero-order valence-electron chi connectivity index (χ0n) is 16.8. The van der Waals surface area contributed by atoms with Crippen LogP contribution in [0.25, 0.3) is 0 Å². The number of nitrogens with zero attached hydrogens (tertiary/aromatic N) is 1. The van der Waals surface area contributed by atoms with Crippen LogP contribution in [-0.4, -0.2) is 24.0 Å². The fourth-order valence-corrected chi connectivity index (χ4v) is 5.30. The van der Waals surface area contributed by atoms with Gasteiger partial charge in [-0.3, -0.25) is 4.90 Å². The van der Waals surface area contributed by atoms with Gasteiger partial charge in [-0.25, -0.2) is 4.79 Å². The van der Waals surface area contributed by atoms with E-state index in [0.29, 0.717) is 24.4 Å². The van der Waals surface area contributed by atoms with Crippen LogP contribution in [0.15, 0.2) is 60.7 Å². The number of nitrogens with one attached hydrogen (secondary N) is 2. The van der Waals surface area contributed by atoms with E-state index in [-0.39, 0.29) is 6.03 Å². The smallest absolute Gasteiger partial charge is 0.319 e. The van der Waals surface area contributed by atoms with Gasteiger partial charge in [0.1, 0.15) is 0 Å². The minimum absolute atomic E-state index is 0.0969. The predicted molar refractivity (Wildman–Crippen MR) is 117 cm³/mol. The Morgan fingerprint density at radius 3 is 2.48 bits per heavy atom. The summed E-state index contributed by atoms with van der Waals surface area (Å²) in [5.74, 6) is 1.27. The maximum Gasteiger partial charge on any atom is 0.319 e. The van der Waals surface area contributed by atoms with Gasteiger partial charge < -0.3 is 10.6 Å². The molecule has 1 atom stereocenters. The Bertz CT molecular complexity index is 892. The predicted octanol–water partition coefficient (Wildman–Crippen LogP) is 5.21. The Labute approximate surface area is 173 Å². The Kier molecular flexibility index (Phi) is 5.11. The Morgan fingerprint density at radius 2 is 1.72 bits per heavy atom. The van der Waals surface area contributed by atoms with E-state index < -0.39 is 0 Å². The number of rotatable bonds is 4. The van der Waals surface area contributed by atoms with Gasteiger partial charge in [-0.2, -0.15) is 0 Å². The molecular weight excluding hydrogens is 358 g/mol. The molecule has 2 aliphatic heterocycles. The minimum Gasteiger partial charge on any atom is -0.334 e. The minimum atomic E-state index is -0.0969. The van der Waals surface area contributed by atoms with Crippen molar-refractivity contribution in [1.82, 2.24) is 10.2 Å². The number of hydrogen-bond donors (Lipinski definition) is 2. The van der Waals surface area contributed by atoms with Crippen LogP contribution in [0.4, 0.5) is 10.5 Å². The molecule has 2 N–H and O–H groups in total. The molecule has 3 aliphatic rings. The van der Waals surface area contributed by atoms with Crippen molar-refractivity contribution in [2.45, 2.75) is 44.2 Å². The molecule has 0 radical (unpaired) electrons. The highest BCUT2D eigenvalue weighted by molar-refractivity contribution is 5.92. The summed E-state index contributed by atoms with van der Waals surface area (Å²) in [7, 11) is 0.